The number of benzene rings is 1. The lowest BCUT2D eigenvalue weighted by Crippen LogP contribution is -2.48. The minimum Gasteiger partial charge on any atom is -0.395 e. The zero-order valence-corrected chi connectivity index (χ0v) is 16.3. The number of carbonyl (C=O) groups is 2. The van der Waals surface area contributed by atoms with Gasteiger partial charge in [-0.05, 0) is 47.0 Å². The topological polar surface area (TPSA) is 69.6 Å². The molecule has 2 rings (SSSR count). The van der Waals surface area contributed by atoms with E-state index in [1.807, 2.05) is 30.3 Å². The Balaban J connectivity index is 1.94. The van der Waals surface area contributed by atoms with Gasteiger partial charge < -0.3 is 15.3 Å². The molecular weight excluding hydrogens is 404 g/mol. The molecule has 0 radical (unpaired) electrons. The fraction of sp³-hybridized carbons (Fsp3) is 0.333. The molecule has 0 spiro atoms. The molecule has 0 aliphatic heterocycles. The average molecular weight is 425 g/mol. The number of carbonyl (C=O) groups excluding carboxylic acids is 2. The highest BCUT2D eigenvalue weighted by Gasteiger charge is 2.22. The van der Waals surface area contributed by atoms with E-state index in [-0.39, 0.29) is 25.0 Å². The quantitative estimate of drug-likeness (QED) is 0.684. The van der Waals surface area contributed by atoms with Gasteiger partial charge in [-0.15, -0.1) is 11.3 Å². The van der Waals surface area contributed by atoms with Crippen LogP contribution in [0.2, 0.25) is 0 Å². The predicted molar refractivity (Wildman–Crippen MR) is 103 cm³/mol. The van der Waals surface area contributed by atoms with E-state index in [0.717, 1.165) is 9.35 Å². The summed E-state index contributed by atoms with van der Waals surface area (Å²) in [7, 11) is 0. The molecule has 134 valence electrons. The third-order valence-corrected chi connectivity index (χ3v) is 5.33. The number of nitrogens with zero attached hydrogens (tertiary/aromatic N) is 1. The summed E-state index contributed by atoms with van der Waals surface area (Å²) >= 11 is 4.63. The summed E-state index contributed by atoms with van der Waals surface area (Å²) < 4.78 is 0.862. The van der Waals surface area contributed by atoms with Crippen LogP contribution in [0.1, 0.15) is 22.2 Å². The molecular formula is C18H21BrN2O3S. The van der Waals surface area contributed by atoms with E-state index in [2.05, 4.69) is 21.2 Å². The highest BCUT2D eigenvalue weighted by molar-refractivity contribution is 9.11. The standard InChI is InChI=1S/C18H21BrN2O3S/c1-13(20-17(23)15-7-8-16(19)25-15)18(24)21(11-12-22)10-9-14-5-3-2-4-6-14/h2-8,13,22H,9-12H2,1H3,(H,20,23). The minimum atomic E-state index is -0.657. The third-order valence-electron chi connectivity index (χ3n) is 3.71. The van der Waals surface area contributed by atoms with Crippen LogP contribution in [0.4, 0.5) is 0 Å². The van der Waals surface area contributed by atoms with E-state index >= 15 is 0 Å². The van der Waals surface area contributed by atoms with E-state index in [1.165, 1.54) is 11.3 Å². The molecule has 0 aliphatic carbocycles. The molecule has 1 heterocycles. The first-order chi connectivity index (χ1) is 12.0. The van der Waals surface area contributed by atoms with Gasteiger partial charge in [-0.3, -0.25) is 9.59 Å². The number of halogens is 1. The number of nitrogens with one attached hydrogen (secondary N) is 1. The first kappa shape index (κ1) is 19.6. The maximum absolute atomic E-state index is 12.6. The Morgan fingerprint density at radius 1 is 1.20 bits per heavy atom. The van der Waals surface area contributed by atoms with Gasteiger partial charge in [-0.1, -0.05) is 30.3 Å². The van der Waals surface area contributed by atoms with E-state index in [4.69, 9.17) is 0 Å². The second-order valence-electron chi connectivity index (χ2n) is 5.58. The summed E-state index contributed by atoms with van der Waals surface area (Å²) in [5.74, 6) is -0.475. The maximum Gasteiger partial charge on any atom is 0.262 e. The first-order valence-electron chi connectivity index (χ1n) is 8.01. The van der Waals surface area contributed by atoms with Crippen molar-refractivity contribution in [3.63, 3.8) is 0 Å². The summed E-state index contributed by atoms with van der Waals surface area (Å²) in [6, 6.07) is 12.7. The molecule has 1 aromatic heterocycles. The molecule has 0 fully saturated rings. The number of aliphatic hydroxyl groups is 1. The molecule has 0 aliphatic rings. The summed E-state index contributed by atoms with van der Waals surface area (Å²) in [6.45, 7) is 2.29. The highest BCUT2D eigenvalue weighted by Crippen LogP contribution is 2.21. The maximum atomic E-state index is 12.6. The number of thiophene rings is 1. The van der Waals surface area contributed by atoms with Crippen LogP contribution in [0, 0.1) is 0 Å². The van der Waals surface area contributed by atoms with Crippen molar-refractivity contribution >= 4 is 39.1 Å². The number of amides is 2. The van der Waals surface area contributed by atoms with Crippen LogP contribution in [0.3, 0.4) is 0 Å². The van der Waals surface area contributed by atoms with Crippen molar-refractivity contribution in [3.8, 4) is 0 Å². The molecule has 7 heteroatoms. The molecule has 0 bridgehead atoms. The van der Waals surface area contributed by atoms with Gasteiger partial charge in [0.05, 0.1) is 15.3 Å². The number of aliphatic hydroxyl groups excluding tert-OH is 1. The van der Waals surface area contributed by atoms with E-state index < -0.39 is 6.04 Å². The summed E-state index contributed by atoms with van der Waals surface area (Å²) in [5.41, 5.74) is 1.12. The molecule has 2 aromatic rings. The van der Waals surface area contributed by atoms with Crippen molar-refractivity contribution in [1.29, 1.82) is 0 Å². The van der Waals surface area contributed by atoms with Crippen LogP contribution in [0.15, 0.2) is 46.3 Å². The second kappa shape index (κ2) is 9.70. The molecule has 1 atom stereocenters. The van der Waals surface area contributed by atoms with Gasteiger partial charge in [0.15, 0.2) is 0 Å². The van der Waals surface area contributed by atoms with Gasteiger partial charge in [-0.25, -0.2) is 0 Å². The second-order valence-corrected chi connectivity index (χ2v) is 8.05. The lowest BCUT2D eigenvalue weighted by Gasteiger charge is -2.25. The van der Waals surface area contributed by atoms with Crippen LogP contribution in [-0.4, -0.2) is 47.6 Å². The van der Waals surface area contributed by atoms with Gasteiger partial charge in [0.25, 0.3) is 5.91 Å². The van der Waals surface area contributed by atoms with Gasteiger partial charge in [0.2, 0.25) is 5.91 Å². The Labute approximate surface area is 159 Å². The fourth-order valence-electron chi connectivity index (χ4n) is 2.40. The van der Waals surface area contributed by atoms with Crippen molar-refractivity contribution in [3.05, 3.63) is 56.7 Å². The van der Waals surface area contributed by atoms with Crippen LogP contribution >= 0.6 is 27.3 Å². The molecule has 0 saturated heterocycles. The molecule has 1 aromatic carbocycles. The van der Waals surface area contributed by atoms with E-state index in [1.54, 1.807) is 24.0 Å². The number of hydrogen-bond donors (Lipinski definition) is 2. The summed E-state index contributed by atoms with van der Waals surface area (Å²) in [6.07, 6.45) is 0.700. The zero-order valence-electron chi connectivity index (χ0n) is 13.9. The predicted octanol–water partition coefficient (Wildman–Crippen LogP) is 2.69. The number of rotatable bonds is 8. The Bertz CT molecular complexity index is 705. The van der Waals surface area contributed by atoms with E-state index in [9.17, 15) is 14.7 Å². The Hall–Kier alpha value is -1.70. The normalized spacial score (nSPS) is 11.8. The minimum absolute atomic E-state index is 0.112. The van der Waals surface area contributed by atoms with Crippen molar-refractivity contribution in [2.24, 2.45) is 0 Å². The molecule has 1 unspecified atom stereocenters. The summed E-state index contributed by atoms with van der Waals surface area (Å²) in [5, 5.41) is 12.0. The lowest BCUT2D eigenvalue weighted by atomic mass is 10.1. The van der Waals surface area contributed by atoms with Crippen molar-refractivity contribution in [2.45, 2.75) is 19.4 Å². The van der Waals surface area contributed by atoms with E-state index in [0.29, 0.717) is 17.8 Å². The summed E-state index contributed by atoms with van der Waals surface area (Å²) in [4.78, 5) is 26.9. The Morgan fingerprint density at radius 3 is 2.52 bits per heavy atom. The Morgan fingerprint density at radius 2 is 1.92 bits per heavy atom. The third kappa shape index (κ3) is 5.95. The number of hydrogen-bond acceptors (Lipinski definition) is 4. The first-order valence-corrected chi connectivity index (χ1v) is 9.62. The lowest BCUT2D eigenvalue weighted by molar-refractivity contribution is -0.133. The van der Waals surface area contributed by atoms with Crippen LogP contribution in [0.5, 0.6) is 0 Å². The highest BCUT2D eigenvalue weighted by atomic mass is 79.9. The van der Waals surface area contributed by atoms with Crippen molar-refractivity contribution < 1.29 is 14.7 Å². The molecule has 2 N–H and O–H groups in total. The van der Waals surface area contributed by atoms with Gasteiger partial charge in [0, 0.05) is 13.1 Å². The Kier molecular flexibility index (Phi) is 7.61. The van der Waals surface area contributed by atoms with Crippen molar-refractivity contribution in [1.82, 2.24) is 10.2 Å². The fourth-order valence-corrected chi connectivity index (χ4v) is 3.69. The molecule has 25 heavy (non-hydrogen) atoms. The largest absolute Gasteiger partial charge is 0.395 e. The van der Waals surface area contributed by atoms with Gasteiger partial charge >= 0.3 is 0 Å². The van der Waals surface area contributed by atoms with Crippen molar-refractivity contribution in [2.75, 3.05) is 19.7 Å². The van der Waals surface area contributed by atoms with Crippen LogP contribution in [0.25, 0.3) is 0 Å². The van der Waals surface area contributed by atoms with Gasteiger partial charge in [-0.2, -0.15) is 0 Å². The molecule has 0 saturated carbocycles. The molecule has 5 nitrogen and oxygen atoms in total. The smallest absolute Gasteiger partial charge is 0.262 e. The molecule has 2 amide bonds. The van der Waals surface area contributed by atoms with Crippen LogP contribution < -0.4 is 5.32 Å². The SMILES string of the molecule is CC(NC(=O)c1ccc(Br)s1)C(=O)N(CCO)CCc1ccccc1. The monoisotopic (exact) mass is 424 g/mol. The average Bonchev–Trinajstić information content (AvgIpc) is 3.05. The zero-order chi connectivity index (χ0) is 18.2. The van der Waals surface area contributed by atoms with Gasteiger partial charge in [0.1, 0.15) is 6.04 Å². The van der Waals surface area contributed by atoms with Crippen LogP contribution in [-0.2, 0) is 11.2 Å².